The minimum absolute atomic E-state index is 0.0623. The lowest BCUT2D eigenvalue weighted by Gasteiger charge is -2.33. The first-order valence-corrected chi connectivity index (χ1v) is 11.8. The van der Waals surface area contributed by atoms with E-state index in [1.165, 1.54) is 11.0 Å². The molecule has 1 aliphatic heterocycles. The van der Waals surface area contributed by atoms with E-state index in [-0.39, 0.29) is 36.6 Å². The van der Waals surface area contributed by atoms with Gasteiger partial charge in [0.05, 0.1) is 23.2 Å². The predicted octanol–water partition coefficient (Wildman–Crippen LogP) is 4.31. The first-order valence-electron chi connectivity index (χ1n) is 11.8. The Labute approximate surface area is 206 Å². The first-order chi connectivity index (χ1) is 17.2. The molecule has 5 rings (SSSR count). The Morgan fingerprint density at radius 3 is 2.56 bits per heavy atom. The van der Waals surface area contributed by atoms with Gasteiger partial charge in [0.15, 0.2) is 11.6 Å². The Balaban J connectivity index is 1.45. The van der Waals surface area contributed by atoms with E-state index >= 15 is 0 Å². The standard InChI is InChI=1S/C26H26F2N4O4/c1-13-25(14(2)36-31-13)15-3-6-21(29-16-10-18(33)11-16)22(9-15)30-26(35)23-7-8-24(34)32(23)17-4-5-19(27)20(28)12-17/h3-6,9,12,16,18,23,29,33H,7-8,10-11H2,1-2H3,(H,30,35)/t16?,18?,23-/m0/s1. The van der Waals surface area contributed by atoms with Crippen LogP contribution in [-0.4, -0.2) is 40.3 Å². The maximum Gasteiger partial charge on any atom is 0.247 e. The third kappa shape index (κ3) is 4.44. The van der Waals surface area contributed by atoms with Gasteiger partial charge in [-0.15, -0.1) is 0 Å². The van der Waals surface area contributed by atoms with Gasteiger partial charge in [-0.1, -0.05) is 11.2 Å². The summed E-state index contributed by atoms with van der Waals surface area (Å²) in [6.07, 6.45) is 1.20. The van der Waals surface area contributed by atoms with Crippen LogP contribution in [0, 0.1) is 25.5 Å². The van der Waals surface area contributed by atoms with Crippen LogP contribution in [0.5, 0.6) is 0 Å². The number of anilines is 3. The summed E-state index contributed by atoms with van der Waals surface area (Å²) < 4.78 is 32.6. The first kappa shape index (κ1) is 23.9. The monoisotopic (exact) mass is 496 g/mol. The van der Waals surface area contributed by atoms with Gasteiger partial charge in [-0.2, -0.15) is 0 Å². The van der Waals surface area contributed by atoms with E-state index in [0.29, 0.717) is 35.7 Å². The second kappa shape index (κ2) is 9.34. The van der Waals surface area contributed by atoms with Gasteiger partial charge in [0.25, 0.3) is 0 Å². The van der Waals surface area contributed by atoms with Gasteiger partial charge in [-0.25, -0.2) is 8.78 Å². The van der Waals surface area contributed by atoms with Crippen molar-refractivity contribution in [3.63, 3.8) is 0 Å². The molecule has 0 bridgehead atoms. The highest BCUT2D eigenvalue weighted by Gasteiger charge is 2.38. The molecule has 1 aromatic heterocycles. The number of amides is 2. The second-order valence-corrected chi connectivity index (χ2v) is 9.33. The molecule has 2 fully saturated rings. The summed E-state index contributed by atoms with van der Waals surface area (Å²) in [5.41, 5.74) is 3.60. The number of aryl methyl sites for hydroxylation is 2. The number of halogens is 2. The maximum absolute atomic E-state index is 13.9. The number of hydrogen-bond acceptors (Lipinski definition) is 6. The molecule has 3 aromatic rings. The molecule has 1 atom stereocenters. The SMILES string of the molecule is Cc1noc(C)c1-c1ccc(NC2CC(O)C2)c(NC(=O)[C@@H]2CCC(=O)N2c2ccc(F)c(F)c2)c1. The van der Waals surface area contributed by atoms with Crippen LogP contribution in [0.25, 0.3) is 11.1 Å². The normalized spacial score (nSPS) is 21.4. The lowest BCUT2D eigenvalue weighted by atomic mass is 9.89. The molecule has 10 heteroatoms. The average molecular weight is 497 g/mol. The van der Waals surface area contributed by atoms with Gasteiger partial charge in [-0.05, 0) is 62.9 Å². The van der Waals surface area contributed by atoms with Crippen molar-refractivity contribution >= 4 is 28.9 Å². The van der Waals surface area contributed by atoms with Crippen LogP contribution in [0.2, 0.25) is 0 Å². The van der Waals surface area contributed by atoms with E-state index in [4.69, 9.17) is 4.52 Å². The molecule has 36 heavy (non-hydrogen) atoms. The van der Waals surface area contributed by atoms with Gasteiger partial charge < -0.3 is 20.3 Å². The highest BCUT2D eigenvalue weighted by atomic mass is 19.2. The van der Waals surface area contributed by atoms with Gasteiger partial charge in [-0.3, -0.25) is 14.5 Å². The van der Waals surface area contributed by atoms with Crippen LogP contribution in [0.4, 0.5) is 25.8 Å². The van der Waals surface area contributed by atoms with Gasteiger partial charge >= 0.3 is 0 Å². The van der Waals surface area contributed by atoms with Crippen LogP contribution in [-0.2, 0) is 9.59 Å². The zero-order valence-electron chi connectivity index (χ0n) is 19.8. The lowest BCUT2D eigenvalue weighted by Crippen LogP contribution is -2.42. The molecule has 1 saturated heterocycles. The summed E-state index contributed by atoms with van der Waals surface area (Å²) >= 11 is 0. The molecule has 8 nitrogen and oxygen atoms in total. The third-order valence-corrected chi connectivity index (χ3v) is 6.77. The molecule has 1 saturated carbocycles. The van der Waals surface area contributed by atoms with Crippen molar-refractivity contribution in [2.24, 2.45) is 0 Å². The minimum Gasteiger partial charge on any atom is -0.393 e. The predicted molar refractivity (Wildman–Crippen MR) is 130 cm³/mol. The van der Waals surface area contributed by atoms with E-state index in [1.54, 1.807) is 13.0 Å². The summed E-state index contributed by atoms with van der Waals surface area (Å²) in [4.78, 5) is 27.2. The number of carbonyl (C=O) groups is 2. The van der Waals surface area contributed by atoms with E-state index in [1.807, 2.05) is 19.1 Å². The van der Waals surface area contributed by atoms with Gasteiger partial charge in [0.1, 0.15) is 11.8 Å². The van der Waals surface area contributed by atoms with Crippen LogP contribution >= 0.6 is 0 Å². The number of rotatable bonds is 6. The Hall–Kier alpha value is -3.79. The van der Waals surface area contributed by atoms with E-state index in [2.05, 4.69) is 15.8 Å². The smallest absolute Gasteiger partial charge is 0.247 e. The number of nitrogens with zero attached hydrogens (tertiary/aromatic N) is 2. The molecule has 0 spiro atoms. The number of nitrogens with one attached hydrogen (secondary N) is 2. The molecule has 3 N–H and O–H groups in total. The second-order valence-electron chi connectivity index (χ2n) is 9.33. The van der Waals surface area contributed by atoms with Crippen LogP contribution in [0.3, 0.4) is 0 Å². The Bertz CT molecular complexity index is 1320. The van der Waals surface area contributed by atoms with Crippen molar-refractivity contribution in [2.45, 2.75) is 57.7 Å². The van der Waals surface area contributed by atoms with Crippen LogP contribution < -0.4 is 15.5 Å². The zero-order chi connectivity index (χ0) is 25.6. The molecule has 188 valence electrons. The van der Waals surface area contributed by atoms with Crippen LogP contribution in [0.1, 0.15) is 37.1 Å². The van der Waals surface area contributed by atoms with Gasteiger partial charge in [0, 0.05) is 29.8 Å². The van der Waals surface area contributed by atoms with E-state index in [9.17, 15) is 23.5 Å². The van der Waals surface area contributed by atoms with Crippen molar-refractivity contribution in [1.29, 1.82) is 0 Å². The highest BCUT2D eigenvalue weighted by Crippen LogP contribution is 2.36. The number of benzene rings is 2. The summed E-state index contributed by atoms with van der Waals surface area (Å²) in [7, 11) is 0. The molecule has 2 amide bonds. The fourth-order valence-corrected chi connectivity index (χ4v) is 4.86. The molecule has 2 heterocycles. The molecule has 1 aliphatic carbocycles. The number of aromatic nitrogens is 1. The summed E-state index contributed by atoms with van der Waals surface area (Å²) in [5, 5.41) is 20.0. The summed E-state index contributed by atoms with van der Waals surface area (Å²) in [5.74, 6) is -2.27. The van der Waals surface area contributed by atoms with Crippen molar-refractivity contribution in [3.05, 3.63) is 59.5 Å². The topological polar surface area (TPSA) is 108 Å². The third-order valence-electron chi connectivity index (χ3n) is 6.77. The largest absolute Gasteiger partial charge is 0.393 e. The summed E-state index contributed by atoms with van der Waals surface area (Å²) in [6, 6.07) is 7.87. The quantitative estimate of drug-likeness (QED) is 0.470. The number of aliphatic hydroxyl groups excluding tert-OH is 1. The average Bonchev–Trinajstić information content (AvgIpc) is 3.37. The fourth-order valence-electron chi connectivity index (χ4n) is 4.86. The highest BCUT2D eigenvalue weighted by molar-refractivity contribution is 6.08. The number of carbonyl (C=O) groups excluding carboxylic acids is 2. The van der Waals surface area contributed by atoms with Gasteiger partial charge in [0.2, 0.25) is 11.8 Å². The van der Waals surface area contributed by atoms with Crippen LogP contribution in [0.15, 0.2) is 40.9 Å². The number of aliphatic hydroxyl groups is 1. The maximum atomic E-state index is 13.9. The van der Waals surface area contributed by atoms with Crippen molar-refractivity contribution in [1.82, 2.24) is 5.16 Å². The molecule has 2 aromatic carbocycles. The Kier molecular flexibility index (Phi) is 6.21. The number of hydrogen-bond donors (Lipinski definition) is 3. The Morgan fingerprint density at radius 1 is 1.11 bits per heavy atom. The van der Waals surface area contributed by atoms with Crippen molar-refractivity contribution in [2.75, 3.05) is 15.5 Å². The minimum atomic E-state index is -1.09. The Morgan fingerprint density at radius 2 is 1.89 bits per heavy atom. The van der Waals surface area contributed by atoms with E-state index < -0.39 is 23.6 Å². The lowest BCUT2D eigenvalue weighted by molar-refractivity contribution is -0.120. The molecular formula is C26H26F2N4O4. The molecule has 2 aliphatic rings. The molecular weight excluding hydrogens is 470 g/mol. The van der Waals surface area contributed by atoms with E-state index in [0.717, 1.165) is 23.3 Å². The summed E-state index contributed by atoms with van der Waals surface area (Å²) in [6.45, 7) is 3.63. The zero-order valence-corrected chi connectivity index (χ0v) is 19.8. The molecule has 0 radical (unpaired) electrons. The molecule has 0 unspecified atom stereocenters. The fraction of sp³-hybridized carbons (Fsp3) is 0.346. The van der Waals surface area contributed by atoms with Crippen molar-refractivity contribution in [3.8, 4) is 11.1 Å². The van der Waals surface area contributed by atoms with Crippen molar-refractivity contribution < 1.29 is 28.0 Å².